The minimum absolute atomic E-state index is 0.294. The number of halogens is 3. The van der Waals surface area contributed by atoms with Crippen molar-refractivity contribution >= 4 is 16.7 Å². The van der Waals surface area contributed by atoms with Crippen LogP contribution in [0.2, 0.25) is 0 Å². The average molecular weight is 305 g/mol. The van der Waals surface area contributed by atoms with Crippen LogP contribution in [0.3, 0.4) is 0 Å². The lowest BCUT2D eigenvalue weighted by molar-refractivity contribution is -0.274. The number of aromatic nitrogens is 2. The Kier molecular flexibility index (Phi) is 3.32. The van der Waals surface area contributed by atoms with Crippen LogP contribution < -0.4 is 10.5 Å². The molecular weight excluding hydrogens is 295 g/mol. The van der Waals surface area contributed by atoms with Gasteiger partial charge in [0.05, 0.1) is 11.2 Å². The number of hydrogen-bond acceptors (Lipinski definition) is 4. The van der Waals surface area contributed by atoms with Crippen molar-refractivity contribution in [3.63, 3.8) is 0 Å². The summed E-state index contributed by atoms with van der Waals surface area (Å²) < 4.78 is 40.3. The van der Waals surface area contributed by atoms with Crippen LogP contribution in [0.1, 0.15) is 0 Å². The van der Waals surface area contributed by atoms with Crippen LogP contribution in [0.5, 0.6) is 5.75 Å². The number of anilines is 1. The molecule has 3 aromatic rings. The highest BCUT2D eigenvalue weighted by Gasteiger charge is 2.31. The molecule has 0 atom stereocenters. The molecule has 0 spiro atoms. The van der Waals surface area contributed by atoms with Gasteiger partial charge in [0, 0.05) is 17.1 Å². The van der Waals surface area contributed by atoms with Crippen LogP contribution in [0, 0.1) is 0 Å². The Balaban J connectivity index is 2.04. The minimum Gasteiger partial charge on any atom is -0.406 e. The lowest BCUT2D eigenvalue weighted by atomic mass is 10.1. The van der Waals surface area contributed by atoms with Gasteiger partial charge in [0.1, 0.15) is 11.6 Å². The molecule has 1 aromatic carbocycles. The molecular formula is C15H10F3N3O. The number of pyridine rings is 2. The second kappa shape index (κ2) is 5.18. The Morgan fingerprint density at radius 2 is 1.77 bits per heavy atom. The van der Waals surface area contributed by atoms with Crippen LogP contribution >= 0.6 is 0 Å². The molecule has 0 radical (unpaired) electrons. The van der Waals surface area contributed by atoms with E-state index in [-0.39, 0.29) is 5.75 Å². The van der Waals surface area contributed by atoms with Gasteiger partial charge in [-0.2, -0.15) is 0 Å². The number of nitrogens with two attached hydrogens (primary N) is 1. The van der Waals surface area contributed by atoms with Crippen molar-refractivity contribution in [3.8, 4) is 17.0 Å². The third-order valence-corrected chi connectivity index (χ3v) is 2.97. The molecule has 0 unspecified atom stereocenters. The third kappa shape index (κ3) is 2.93. The van der Waals surface area contributed by atoms with E-state index in [0.29, 0.717) is 22.6 Å². The maximum Gasteiger partial charge on any atom is 0.573 e. The number of alkyl halides is 3. The third-order valence-electron chi connectivity index (χ3n) is 2.97. The van der Waals surface area contributed by atoms with Gasteiger partial charge in [-0.3, -0.25) is 4.98 Å². The number of benzene rings is 1. The first-order chi connectivity index (χ1) is 10.4. The maximum atomic E-state index is 12.2. The number of rotatable bonds is 2. The zero-order valence-corrected chi connectivity index (χ0v) is 11.1. The van der Waals surface area contributed by atoms with E-state index in [2.05, 4.69) is 14.7 Å². The summed E-state index contributed by atoms with van der Waals surface area (Å²) in [5, 5.41) is 0.806. The van der Waals surface area contributed by atoms with Gasteiger partial charge in [0.15, 0.2) is 0 Å². The van der Waals surface area contributed by atoms with Crippen LogP contribution in [-0.4, -0.2) is 16.3 Å². The van der Waals surface area contributed by atoms with Crippen molar-refractivity contribution in [3.05, 3.63) is 48.7 Å². The molecule has 22 heavy (non-hydrogen) atoms. The van der Waals surface area contributed by atoms with Crippen molar-refractivity contribution in [1.29, 1.82) is 0 Å². The summed E-state index contributed by atoms with van der Waals surface area (Å²) >= 11 is 0. The summed E-state index contributed by atoms with van der Waals surface area (Å²) in [7, 11) is 0. The molecule has 4 nitrogen and oxygen atoms in total. The quantitative estimate of drug-likeness (QED) is 0.782. The van der Waals surface area contributed by atoms with Crippen molar-refractivity contribution in [1.82, 2.24) is 9.97 Å². The fourth-order valence-electron chi connectivity index (χ4n) is 2.12. The summed E-state index contributed by atoms with van der Waals surface area (Å²) in [6.45, 7) is 0. The molecule has 7 heteroatoms. The van der Waals surface area contributed by atoms with Gasteiger partial charge in [0.25, 0.3) is 0 Å². The van der Waals surface area contributed by atoms with Gasteiger partial charge >= 0.3 is 6.36 Å². The van der Waals surface area contributed by atoms with Crippen molar-refractivity contribution in [2.24, 2.45) is 0 Å². The van der Waals surface area contributed by atoms with E-state index in [1.165, 1.54) is 24.3 Å². The Morgan fingerprint density at radius 1 is 1.05 bits per heavy atom. The van der Waals surface area contributed by atoms with Gasteiger partial charge in [-0.1, -0.05) is 6.07 Å². The standard InChI is InChI=1S/C15H10F3N3O/c16-15(17,18)22-11-5-3-9(4-6-11)14-13-10(2-1-7-20-13)8-12(19)21-14/h1-8H,(H2,19,21). The van der Waals surface area contributed by atoms with E-state index < -0.39 is 6.36 Å². The second-order valence-corrected chi connectivity index (χ2v) is 4.54. The number of nitrogens with zero attached hydrogens (tertiary/aromatic N) is 2. The van der Waals surface area contributed by atoms with Gasteiger partial charge in [0.2, 0.25) is 0 Å². The molecule has 3 rings (SSSR count). The molecule has 0 saturated carbocycles. The van der Waals surface area contributed by atoms with E-state index in [4.69, 9.17) is 5.73 Å². The smallest absolute Gasteiger partial charge is 0.406 e. The minimum atomic E-state index is -4.72. The molecule has 0 fully saturated rings. The zero-order valence-electron chi connectivity index (χ0n) is 11.1. The fourth-order valence-corrected chi connectivity index (χ4v) is 2.12. The van der Waals surface area contributed by atoms with Gasteiger partial charge in [-0.05, 0) is 36.4 Å². The summed E-state index contributed by atoms with van der Waals surface area (Å²) in [4.78, 5) is 8.48. The Bertz CT molecular complexity index is 816. The Labute approximate surface area is 123 Å². The molecule has 2 N–H and O–H groups in total. The lowest BCUT2D eigenvalue weighted by Crippen LogP contribution is -2.16. The lowest BCUT2D eigenvalue weighted by Gasteiger charge is -2.10. The molecule has 0 aliphatic rings. The molecule has 0 bridgehead atoms. The van der Waals surface area contributed by atoms with Crippen molar-refractivity contribution in [2.45, 2.75) is 6.36 Å². The molecule has 2 heterocycles. The summed E-state index contributed by atoms with van der Waals surface area (Å²) in [6, 6.07) is 10.7. The van der Waals surface area contributed by atoms with E-state index >= 15 is 0 Å². The number of nitrogen functional groups attached to an aromatic ring is 1. The molecule has 112 valence electrons. The largest absolute Gasteiger partial charge is 0.573 e. The summed E-state index contributed by atoms with van der Waals surface area (Å²) in [6.07, 6.45) is -3.10. The van der Waals surface area contributed by atoms with Crippen molar-refractivity contribution < 1.29 is 17.9 Å². The first-order valence-electron chi connectivity index (χ1n) is 6.30. The van der Waals surface area contributed by atoms with Gasteiger partial charge in [-0.15, -0.1) is 13.2 Å². The highest BCUT2D eigenvalue weighted by molar-refractivity contribution is 5.92. The molecule has 2 aromatic heterocycles. The Hall–Kier alpha value is -2.83. The predicted molar refractivity (Wildman–Crippen MR) is 76.1 cm³/mol. The predicted octanol–water partition coefficient (Wildman–Crippen LogP) is 3.78. The first-order valence-corrected chi connectivity index (χ1v) is 6.30. The first kappa shape index (κ1) is 14.1. The van der Waals surface area contributed by atoms with E-state index in [1.807, 2.05) is 6.07 Å². The van der Waals surface area contributed by atoms with Crippen molar-refractivity contribution in [2.75, 3.05) is 5.73 Å². The van der Waals surface area contributed by atoms with Crippen LogP contribution in [0.15, 0.2) is 48.7 Å². The maximum absolute atomic E-state index is 12.2. The highest BCUT2D eigenvalue weighted by atomic mass is 19.4. The highest BCUT2D eigenvalue weighted by Crippen LogP contribution is 2.29. The number of fused-ring (bicyclic) bond motifs is 1. The molecule has 0 aliphatic carbocycles. The topological polar surface area (TPSA) is 61.0 Å². The number of ether oxygens (including phenoxy) is 1. The van der Waals surface area contributed by atoms with Crippen LogP contribution in [-0.2, 0) is 0 Å². The summed E-state index contributed by atoms with van der Waals surface area (Å²) in [5.41, 5.74) is 7.50. The number of hydrogen-bond donors (Lipinski definition) is 1. The monoisotopic (exact) mass is 305 g/mol. The van der Waals surface area contributed by atoms with E-state index in [1.54, 1.807) is 18.3 Å². The van der Waals surface area contributed by atoms with E-state index in [9.17, 15) is 13.2 Å². The van der Waals surface area contributed by atoms with E-state index in [0.717, 1.165) is 5.39 Å². The second-order valence-electron chi connectivity index (χ2n) is 4.54. The average Bonchev–Trinajstić information content (AvgIpc) is 2.45. The SMILES string of the molecule is Nc1cc2cccnc2c(-c2ccc(OC(F)(F)F)cc2)n1. The summed E-state index contributed by atoms with van der Waals surface area (Å²) in [5.74, 6) is 0.0172. The van der Waals surface area contributed by atoms with Crippen LogP contribution in [0.4, 0.5) is 19.0 Å². The fraction of sp³-hybridized carbons (Fsp3) is 0.0667. The molecule has 0 amide bonds. The molecule has 0 aliphatic heterocycles. The zero-order chi connectivity index (χ0) is 15.7. The van der Waals surface area contributed by atoms with Gasteiger partial charge < -0.3 is 10.5 Å². The Morgan fingerprint density at radius 3 is 2.45 bits per heavy atom. The normalized spacial score (nSPS) is 11.6. The van der Waals surface area contributed by atoms with Gasteiger partial charge in [-0.25, -0.2) is 4.98 Å². The van der Waals surface area contributed by atoms with Crippen LogP contribution in [0.25, 0.3) is 22.2 Å². The molecule has 0 saturated heterocycles.